The maximum Gasteiger partial charge on any atom is 0.407 e. The SMILES string of the molecule is CCC1(NC(C)(C)C)CCN(C(=O)O)CC1. The Labute approximate surface area is 98.0 Å². The number of nitrogens with zero attached hydrogens (tertiary/aromatic N) is 1. The first-order valence-electron chi connectivity index (χ1n) is 6.05. The van der Waals surface area contributed by atoms with Crippen LogP contribution < -0.4 is 5.32 Å². The normalized spacial score (nSPS) is 20.9. The molecule has 1 amide bonds. The molecular weight excluding hydrogens is 204 g/mol. The summed E-state index contributed by atoms with van der Waals surface area (Å²) in [6.07, 6.45) is 2.08. The van der Waals surface area contributed by atoms with Crippen molar-refractivity contribution >= 4 is 6.09 Å². The molecule has 1 rings (SSSR count). The van der Waals surface area contributed by atoms with E-state index in [1.807, 2.05) is 0 Å². The molecule has 1 saturated heterocycles. The van der Waals surface area contributed by atoms with Crippen LogP contribution in [-0.4, -0.2) is 40.3 Å². The molecule has 0 spiro atoms. The first-order valence-corrected chi connectivity index (χ1v) is 6.05. The van der Waals surface area contributed by atoms with Crippen molar-refractivity contribution in [3.05, 3.63) is 0 Å². The van der Waals surface area contributed by atoms with Crippen LogP contribution in [0.3, 0.4) is 0 Å². The minimum Gasteiger partial charge on any atom is -0.465 e. The smallest absolute Gasteiger partial charge is 0.407 e. The number of carbonyl (C=O) groups is 1. The van der Waals surface area contributed by atoms with Crippen LogP contribution in [0.15, 0.2) is 0 Å². The molecule has 4 nitrogen and oxygen atoms in total. The molecule has 0 radical (unpaired) electrons. The van der Waals surface area contributed by atoms with Gasteiger partial charge in [0.05, 0.1) is 0 Å². The molecule has 94 valence electrons. The number of nitrogens with one attached hydrogen (secondary N) is 1. The van der Waals surface area contributed by atoms with Crippen molar-refractivity contribution in [2.75, 3.05) is 13.1 Å². The molecule has 0 aromatic heterocycles. The van der Waals surface area contributed by atoms with Gasteiger partial charge in [-0.1, -0.05) is 6.92 Å². The third kappa shape index (κ3) is 3.37. The molecule has 1 aliphatic heterocycles. The van der Waals surface area contributed by atoms with E-state index in [-0.39, 0.29) is 11.1 Å². The van der Waals surface area contributed by atoms with Crippen LogP contribution >= 0.6 is 0 Å². The van der Waals surface area contributed by atoms with E-state index in [2.05, 4.69) is 33.0 Å². The number of rotatable bonds is 2. The van der Waals surface area contributed by atoms with Gasteiger partial charge in [-0.05, 0) is 40.0 Å². The van der Waals surface area contributed by atoms with E-state index >= 15 is 0 Å². The second-order valence-electron chi connectivity index (χ2n) is 5.78. The fourth-order valence-corrected chi connectivity index (χ4v) is 2.49. The molecule has 0 atom stereocenters. The Hall–Kier alpha value is -0.770. The number of carboxylic acid groups (broad SMARTS) is 1. The average molecular weight is 228 g/mol. The molecule has 0 aromatic rings. The molecular formula is C12H24N2O2. The predicted molar refractivity (Wildman–Crippen MR) is 64.7 cm³/mol. The minimum atomic E-state index is -0.791. The highest BCUT2D eigenvalue weighted by molar-refractivity contribution is 5.65. The number of amides is 1. The summed E-state index contributed by atoms with van der Waals surface area (Å²) >= 11 is 0. The second kappa shape index (κ2) is 4.62. The Balaban J connectivity index is 2.62. The van der Waals surface area contributed by atoms with Gasteiger partial charge in [0.25, 0.3) is 0 Å². The van der Waals surface area contributed by atoms with E-state index in [9.17, 15) is 4.79 Å². The van der Waals surface area contributed by atoms with Crippen LogP contribution in [0, 0.1) is 0 Å². The number of piperidine rings is 1. The first kappa shape index (κ1) is 13.3. The van der Waals surface area contributed by atoms with E-state index in [1.165, 1.54) is 4.90 Å². The average Bonchev–Trinajstić information content (AvgIpc) is 2.16. The van der Waals surface area contributed by atoms with E-state index in [0.717, 1.165) is 19.3 Å². The fourth-order valence-electron chi connectivity index (χ4n) is 2.49. The molecule has 1 aliphatic rings. The predicted octanol–water partition coefficient (Wildman–Crippen LogP) is 2.30. The quantitative estimate of drug-likeness (QED) is 0.762. The van der Waals surface area contributed by atoms with Crippen molar-refractivity contribution in [1.82, 2.24) is 10.2 Å². The van der Waals surface area contributed by atoms with E-state index in [1.54, 1.807) is 0 Å². The third-order valence-electron chi connectivity index (χ3n) is 3.31. The Morgan fingerprint density at radius 2 is 1.88 bits per heavy atom. The van der Waals surface area contributed by atoms with Crippen LogP contribution in [0.4, 0.5) is 4.79 Å². The van der Waals surface area contributed by atoms with E-state index < -0.39 is 6.09 Å². The van der Waals surface area contributed by atoms with Gasteiger partial charge in [0, 0.05) is 24.2 Å². The third-order valence-corrected chi connectivity index (χ3v) is 3.31. The monoisotopic (exact) mass is 228 g/mol. The maximum absolute atomic E-state index is 10.8. The van der Waals surface area contributed by atoms with Crippen LogP contribution in [0.25, 0.3) is 0 Å². The van der Waals surface area contributed by atoms with E-state index in [0.29, 0.717) is 13.1 Å². The van der Waals surface area contributed by atoms with Gasteiger partial charge >= 0.3 is 6.09 Å². The Morgan fingerprint density at radius 3 is 2.19 bits per heavy atom. The van der Waals surface area contributed by atoms with Crippen molar-refractivity contribution < 1.29 is 9.90 Å². The van der Waals surface area contributed by atoms with Gasteiger partial charge in [-0.25, -0.2) is 4.79 Å². The number of hydrogen-bond donors (Lipinski definition) is 2. The molecule has 1 heterocycles. The highest BCUT2D eigenvalue weighted by Gasteiger charge is 2.36. The standard InChI is InChI=1S/C12H24N2O2/c1-5-12(13-11(2,3)4)6-8-14(9-7-12)10(15)16/h13H,5-9H2,1-4H3,(H,15,16). The zero-order chi connectivity index (χ0) is 12.4. The number of hydrogen-bond acceptors (Lipinski definition) is 2. The molecule has 0 aromatic carbocycles. The molecule has 1 fully saturated rings. The van der Waals surface area contributed by atoms with Crippen LogP contribution in [0.2, 0.25) is 0 Å². The lowest BCUT2D eigenvalue weighted by atomic mass is 9.83. The molecule has 0 unspecified atom stereocenters. The summed E-state index contributed by atoms with van der Waals surface area (Å²) < 4.78 is 0. The summed E-state index contributed by atoms with van der Waals surface area (Å²) in [6, 6.07) is 0. The highest BCUT2D eigenvalue weighted by Crippen LogP contribution is 2.28. The van der Waals surface area contributed by atoms with Crippen LogP contribution in [0.1, 0.15) is 47.0 Å². The molecule has 16 heavy (non-hydrogen) atoms. The zero-order valence-corrected chi connectivity index (χ0v) is 10.8. The van der Waals surface area contributed by atoms with Gasteiger partial charge in [-0.2, -0.15) is 0 Å². The van der Waals surface area contributed by atoms with Gasteiger partial charge in [-0.15, -0.1) is 0 Å². The molecule has 4 heteroatoms. The molecule has 2 N–H and O–H groups in total. The molecule has 0 bridgehead atoms. The Bertz CT molecular complexity index is 250. The van der Waals surface area contributed by atoms with Gasteiger partial charge in [-0.3, -0.25) is 0 Å². The molecule has 0 saturated carbocycles. The van der Waals surface area contributed by atoms with Crippen molar-refractivity contribution in [3.63, 3.8) is 0 Å². The minimum absolute atomic E-state index is 0.0847. The summed E-state index contributed by atoms with van der Waals surface area (Å²) in [5, 5.41) is 12.6. The topological polar surface area (TPSA) is 52.6 Å². The summed E-state index contributed by atoms with van der Waals surface area (Å²) in [4.78, 5) is 12.4. The lowest BCUT2D eigenvalue weighted by molar-refractivity contribution is 0.0935. The number of likely N-dealkylation sites (tertiary alicyclic amines) is 1. The second-order valence-corrected chi connectivity index (χ2v) is 5.78. The van der Waals surface area contributed by atoms with E-state index in [4.69, 9.17) is 5.11 Å². The lowest BCUT2D eigenvalue weighted by Gasteiger charge is -2.45. The van der Waals surface area contributed by atoms with Gasteiger partial charge in [0.15, 0.2) is 0 Å². The highest BCUT2D eigenvalue weighted by atomic mass is 16.4. The van der Waals surface area contributed by atoms with Crippen molar-refractivity contribution in [2.24, 2.45) is 0 Å². The van der Waals surface area contributed by atoms with Gasteiger partial charge in [0.2, 0.25) is 0 Å². The Kier molecular flexibility index (Phi) is 3.84. The molecule has 0 aliphatic carbocycles. The van der Waals surface area contributed by atoms with Crippen LogP contribution in [0.5, 0.6) is 0 Å². The van der Waals surface area contributed by atoms with Gasteiger partial charge in [0.1, 0.15) is 0 Å². The summed E-state index contributed by atoms with van der Waals surface area (Å²) in [5.41, 5.74) is 0.200. The summed E-state index contributed by atoms with van der Waals surface area (Å²) in [7, 11) is 0. The van der Waals surface area contributed by atoms with Crippen molar-refractivity contribution in [3.8, 4) is 0 Å². The van der Waals surface area contributed by atoms with Crippen molar-refractivity contribution in [1.29, 1.82) is 0 Å². The summed E-state index contributed by atoms with van der Waals surface area (Å²) in [5.74, 6) is 0. The van der Waals surface area contributed by atoms with Crippen molar-refractivity contribution in [2.45, 2.75) is 58.0 Å². The largest absolute Gasteiger partial charge is 0.465 e. The summed E-state index contributed by atoms with van der Waals surface area (Å²) in [6.45, 7) is 9.95. The maximum atomic E-state index is 10.8. The van der Waals surface area contributed by atoms with Crippen LogP contribution in [-0.2, 0) is 0 Å². The zero-order valence-electron chi connectivity index (χ0n) is 10.8. The fraction of sp³-hybridized carbons (Fsp3) is 0.917. The lowest BCUT2D eigenvalue weighted by Crippen LogP contribution is -2.59. The van der Waals surface area contributed by atoms with Gasteiger partial charge < -0.3 is 15.3 Å². The Morgan fingerprint density at radius 1 is 1.38 bits per heavy atom. The first-order chi connectivity index (χ1) is 7.28.